The van der Waals surface area contributed by atoms with Crippen LogP contribution in [0, 0.1) is 5.82 Å². The number of hydrogen-bond donors (Lipinski definition) is 1. The highest BCUT2D eigenvalue weighted by atomic mass is 19.1. The van der Waals surface area contributed by atoms with Crippen LogP contribution in [-0.4, -0.2) is 16.9 Å². The zero-order valence-electron chi connectivity index (χ0n) is 8.29. The van der Waals surface area contributed by atoms with Crippen LogP contribution in [0.15, 0.2) is 18.2 Å². The zero-order chi connectivity index (χ0) is 11.4. The molecule has 0 aromatic heterocycles. The third-order valence-corrected chi connectivity index (χ3v) is 2.06. The first-order valence-corrected chi connectivity index (χ1v) is 4.52. The van der Waals surface area contributed by atoms with E-state index in [1.165, 1.54) is 25.1 Å². The van der Waals surface area contributed by atoms with E-state index in [0.29, 0.717) is 5.56 Å². The molecule has 0 spiro atoms. The molecule has 1 N–H and O–H groups in total. The highest BCUT2D eigenvalue weighted by Crippen LogP contribution is 2.13. The summed E-state index contributed by atoms with van der Waals surface area (Å²) in [6, 6.07) is 3.98. The molecule has 0 heterocycles. The van der Waals surface area contributed by atoms with E-state index < -0.39 is 11.8 Å². The second-order valence-corrected chi connectivity index (χ2v) is 3.26. The Morgan fingerprint density at radius 1 is 1.40 bits per heavy atom. The molecule has 0 saturated heterocycles. The van der Waals surface area contributed by atoms with Crippen LogP contribution in [0.4, 0.5) is 4.39 Å². The number of hydrogen-bond acceptors (Lipinski definition) is 2. The number of carboxylic acids is 1. The van der Waals surface area contributed by atoms with Crippen LogP contribution in [0.1, 0.15) is 29.3 Å². The number of carbonyl (C=O) groups is 2. The maximum Gasteiger partial charge on any atom is 0.303 e. The van der Waals surface area contributed by atoms with E-state index in [1.54, 1.807) is 0 Å². The summed E-state index contributed by atoms with van der Waals surface area (Å²) in [6.45, 7) is 1.38. The molecule has 0 bridgehead atoms. The molecule has 0 amide bonds. The topological polar surface area (TPSA) is 54.4 Å². The van der Waals surface area contributed by atoms with E-state index in [1.807, 2.05) is 0 Å². The van der Waals surface area contributed by atoms with Crippen molar-refractivity contribution in [2.24, 2.45) is 0 Å². The fraction of sp³-hybridized carbons (Fsp3) is 0.273. The summed E-state index contributed by atoms with van der Waals surface area (Å²) in [4.78, 5) is 21.3. The lowest BCUT2D eigenvalue weighted by Crippen LogP contribution is -2.01. The van der Waals surface area contributed by atoms with Gasteiger partial charge in [0, 0.05) is 12.0 Å². The van der Waals surface area contributed by atoms with Crippen molar-refractivity contribution in [3.8, 4) is 0 Å². The van der Waals surface area contributed by atoms with E-state index in [-0.39, 0.29) is 24.2 Å². The van der Waals surface area contributed by atoms with Crippen molar-refractivity contribution in [2.45, 2.75) is 19.8 Å². The number of aryl methyl sites for hydroxylation is 1. The van der Waals surface area contributed by atoms with Gasteiger partial charge in [-0.15, -0.1) is 0 Å². The van der Waals surface area contributed by atoms with E-state index in [4.69, 9.17) is 5.11 Å². The van der Waals surface area contributed by atoms with Gasteiger partial charge in [0.1, 0.15) is 5.82 Å². The van der Waals surface area contributed by atoms with Crippen LogP contribution < -0.4 is 0 Å². The van der Waals surface area contributed by atoms with Gasteiger partial charge in [-0.05, 0) is 37.1 Å². The third-order valence-electron chi connectivity index (χ3n) is 2.06. The summed E-state index contributed by atoms with van der Waals surface area (Å²) in [6.07, 6.45) is -0.0411. The van der Waals surface area contributed by atoms with Crippen molar-refractivity contribution >= 4 is 11.8 Å². The average molecular weight is 210 g/mol. The smallest absolute Gasteiger partial charge is 0.303 e. The molecule has 0 atom stereocenters. The molecular weight excluding hydrogens is 199 g/mol. The summed E-state index contributed by atoms with van der Waals surface area (Å²) in [7, 11) is 0. The Kier molecular flexibility index (Phi) is 3.55. The summed E-state index contributed by atoms with van der Waals surface area (Å²) < 4.78 is 13.2. The van der Waals surface area contributed by atoms with Crippen molar-refractivity contribution in [2.75, 3.05) is 0 Å². The maximum atomic E-state index is 13.2. The van der Waals surface area contributed by atoms with E-state index in [0.717, 1.165) is 0 Å². The van der Waals surface area contributed by atoms with Gasteiger partial charge in [-0.25, -0.2) is 4.39 Å². The average Bonchev–Trinajstić information content (AvgIpc) is 2.16. The predicted molar refractivity (Wildman–Crippen MR) is 52.4 cm³/mol. The summed E-state index contributed by atoms with van der Waals surface area (Å²) in [5.41, 5.74) is 0.668. The minimum absolute atomic E-state index is 0.0995. The molecule has 80 valence electrons. The van der Waals surface area contributed by atoms with Crippen LogP contribution in [0.25, 0.3) is 0 Å². The van der Waals surface area contributed by atoms with Crippen LogP contribution in [-0.2, 0) is 11.2 Å². The van der Waals surface area contributed by atoms with Gasteiger partial charge in [0.15, 0.2) is 5.78 Å². The number of benzene rings is 1. The van der Waals surface area contributed by atoms with Crippen molar-refractivity contribution in [3.05, 3.63) is 35.1 Å². The number of Topliss-reactive ketones (excluding diaryl/α,β-unsaturated/α-hetero) is 1. The molecular formula is C11H11FO3. The first-order valence-electron chi connectivity index (χ1n) is 4.52. The fourth-order valence-electron chi connectivity index (χ4n) is 1.23. The predicted octanol–water partition coefficient (Wildman–Crippen LogP) is 2.05. The molecule has 0 fully saturated rings. The lowest BCUT2D eigenvalue weighted by atomic mass is 10.0. The Balaban J connectivity index is 2.90. The molecule has 15 heavy (non-hydrogen) atoms. The van der Waals surface area contributed by atoms with Crippen LogP contribution in [0.2, 0.25) is 0 Å². The molecule has 0 aliphatic heterocycles. The summed E-state index contributed by atoms with van der Waals surface area (Å²) in [5, 5.41) is 8.45. The van der Waals surface area contributed by atoms with Crippen molar-refractivity contribution in [1.82, 2.24) is 0 Å². The van der Waals surface area contributed by atoms with E-state index >= 15 is 0 Å². The lowest BCUT2D eigenvalue weighted by Gasteiger charge is -2.03. The van der Waals surface area contributed by atoms with Crippen LogP contribution in [0.3, 0.4) is 0 Å². The Bertz CT molecular complexity index is 399. The SMILES string of the molecule is CC(=O)c1ccc(F)c(CCC(=O)O)c1. The number of halogens is 1. The molecule has 4 heteroatoms. The number of ketones is 1. The number of carboxylic acid groups (broad SMARTS) is 1. The standard InChI is InChI=1S/C11H11FO3/c1-7(13)8-2-4-10(12)9(6-8)3-5-11(14)15/h2,4,6H,3,5H2,1H3,(H,14,15). The lowest BCUT2D eigenvalue weighted by molar-refractivity contribution is -0.136. The van der Waals surface area contributed by atoms with Crippen LogP contribution >= 0.6 is 0 Å². The minimum atomic E-state index is -0.984. The van der Waals surface area contributed by atoms with Crippen molar-refractivity contribution in [3.63, 3.8) is 0 Å². The third kappa shape index (κ3) is 3.16. The summed E-state index contributed by atoms with van der Waals surface area (Å²) in [5.74, 6) is -1.62. The first kappa shape index (κ1) is 11.4. The van der Waals surface area contributed by atoms with E-state index in [2.05, 4.69) is 0 Å². The zero-order valence-corrected chi connectivity index (χ0v) is 8.29. The van der Waals surface area contributed by atoms with Gasteiger partial charge in [0.25, 0.3) is 0 Å². The van der Waals surface area contributed by atoms with Crippen molar-refractivity contribution in [1.29, 1.82) is 0 Å². The molecule has 1 rings (SSSR count). The molecule has 0 aliphatic carbocycles. The largest absolute Gasteiger partial charge is 0.481 e. The molecule has 3 nitrogen and oxygen atoms in total. The maximum absolute atomic E-state index is 13.2. The van der Waals surface area contributed by atoms with Gasteiger partial charge >= 0.3 is 5.97 Å². The number of rotatable bonds is 4. The van der Waals surface area contributed by atoms with E-state index in [9.17, 15) is 14.0 Å². The van der Waals surface area contributed by atoms with Gasteiger partial charge in [-0.1, -0.05) is 0 Å². The minimum Gasteiger partial charge on any atom is -0.481 e. The molecule has 1 aromatic rings. The fourth-order valence-corrected chi connectivity index (χ4v) is 1.23. The highest BCUT2D eigenvalue weighted by molar-refractivity contribution is 5.94. The Hall–Kier alpha value is -1.71. The van der Waals surface area contributed by atoms with Gasteiger partial charge in [-0.2, -0.15) is 0 Å². The number of carbonyl (C=O) groups excluding carboxylic acids is 1. The summed E-state index contributed by atoms with van der Waals surface area (Å²) >= 11 is 0. The molecule has 0 aliphatic rings. The monoisotopic (exact) mass is 210 g/mol. The highest BCUT2D eigenvalue weighted by Gasteiger charge is 2.08. The van der Waals surface area contributed by atoms with Gasteiger partial charge < -0.3 is 5.11 Å². The normalized spacial score (nSPS) is 10.0. The quantitative estimate of drug-likeness (QED) is 0.774. The van der Waals surface area contributed by atoms with Gasteiger partial charge in [0.05, 0.1) is 0 Å². The second kappa shape index (κ2) is 4.68. The molecule has 0 radical (unpaired) electrons. The second-order valence-electron chi connectivity index (χ2n) is 3.26. The van der Waals surface area contributed by atoms with Gasteiger partial charge in [0.2, 0.25) is 0 Å². The Morgan fingerprint density at radius 2 is 2.07 bits per heavy atom. The molecule has 0 saturated carbocycles. The van der Waals surface area contributed by atoms with Gasteiger partial charge in [-0.3, -0.25) is 9.59 Å². The first-order chi connectivity index (χ1) is 7.00. The Labute approximate surface area is 86.5 Å². The Morgan fingerprint density at radius 3 is 2.60 bits per heavy atom. The van der Waals surface area contributed by atoms with Crippen LogP contribution in [0.5, 0.6) is 0 Å². The number of aliphatic carboxylic acids is 1. The molecule has 0 unspecified atom stereocenters. The van der Waals surface area contributed by atoms with Crippen molar-refractivity contribution < 1.29 is 19.1 Å². The molecule has 1 aromatic carbocycles.